The van der Waals surface area contributed by atoms with Crippen LogP contribution in [0.15, 0.2) is 29.2 Å². The van der Waals surface area contributed by atoms with Crippen molar-refractivity contribution in [1.29, 1.82) is 0 Å². The third-order valence-electron chi connectivity index (χ3n) is 3.67. The number of nitrogens with zero attached hydrogens (tertiary/aromatic N) is 1. The molecule has 0 bridgehead atoms. The van der Waals surface area contributed by atoms with Gasteiger partial charge in [-0.15, -0.1) is 0 Å². The van der Waals surface area contributed by atoms with Crippen LogP contribution in [0.5, 0.6) is 0 Å². The van der Waals surface area contributed by atoms with Gasteiger partial charge in [0.05, 0.1) is 24.5 Å². The Hall–Kier alpha value is -1.44. The minimum Gasteiger partial charge on any atom is -0.466 e. The second kappa shape index (κ2) is 7.90. The van der Waals surface area contributed by atoms with E-state index in [2.05, 4.69) is 0 Å². The third-order valence-corrected chi connectivity index (χ3v) is 5.58. The highest BCUT2D eigenvalue weighted by Gasteiger charge is 2.37. The van der Waals surface area contributed by atoms with Crippen molar-refractivity contribution < 1.29 is 22.7 Å². The molecular weight excluding hydrogens is 318 g/mol. The van der Waals surface area contributed by atoms with Crippen LogP contribution in [0.4, 0.5) is 0 Å². The molecule has 1 heterocycles. The highest BCUT2D eigenvalue weighted by Crippen LogP contribution is 2.24. The van der Waals surface area contributed by atoms with Gasteiger partial charge < -0.3 is 9.47 Å². The number of sulfonamides is 1. The Kier molecular flexibility index (Phi) is 6.15. The zero-order valence-corrected chi connectivity index (χ0v) is 14.3. The van der Waals surface area contributed by atoms with Crippen LogP contribution in [0.3, 0.4) is 0 Å². The van der Waals surface area contributed by atoms with Crippen molar-refractivity contribution in [2.24, 2.45) is 0 Å². The molecule has 0 N–H and O–H groups in total. The Bertz CT molecular complexity index is 626. The molecule has 1 aromatic rings. The molecule has 1 fully saturated rings. The van der Waals surface area contributed by atoms with E-state index in [0.29, 0.717) is 6.61 Å². The number of esters is 1. The van der Waals surface area contributed by atoms with Crippen LogP contribution in [0.2, 0.25) is 0 Å². The molecule has 1 unspecified atom stereocenters. The normalized spacial score (nSPS) is 19.0. The van der Waals surface area contributed by atoms with Crippen molar-refractivity contribution in [1.82, 2.24) is 4.31 Å². The Morgan fingerprint density at radius 1 is 1.35 bits per heavy atom. The molecule has 1 aromatic carbocycles. The number of hydrogen-bond acceptors (Lipinski definition) is 5. The van der Waals surface area contributed by atoms with Crippen molar-refractivity contribution in [3.63, 3.8) is 0 Å². The van der Waals surface area contributed by atoms with E-state index in [1.54, 1.807) is 24.3 Å². The minimum absolute atomic E-state index is 0.0885. The van der Waals surface area contributed by atoms with E-state index in [-0.39, 0.29) is 24.5 Å². The molecule has 2 rings (SSSR count). The molecule has 1 aliphatic heterocycles. The first-order chi connectivity index (χ1) is 10.9. The number of ether oxygens (including phenoxy) is 2. The summed E-state index contributed by atoms with van der Waals surface area (Å²) in [6.45, 7) is 4.77. The summed E-state index contributed by atoms with van der Waals surface area (Å²) in [7, 11) is -3.67. The molecule has 0 aliphatic carbocycles. The predicted molar refractivity (Wildman–Crippen MR) is 85.3 cm³/mol. The molecule has 0 amide bonds. The molecule has 7 heteroatoms. The summed E-state index contributed by atoms with van der Waals surface area (Å²) in [4.78, 5) is 12.0. The van der Waals surface area contributed by atoms with Crippen molar-refractivity contribution in [3.8, 4) is 0 Å². The highest BCUT2D eigenvalue weighted by atomic mass is 32.2. The zero-order chi connectivity index (χ0) is 16.9. The largest absolute Gasteiger partial charge is 0.466 e. The van der Waals surface area contributed by atoms with Crippen LogP contribution in [-0.2, 0) is 24.3 Å². The van der Waals surface area contributed by atoms with Gasteiger partial charge in [-0.2, -0.15) is 4.31 Å². The fourth-order valence-electron chi connectivity index (χ4n) is 2.32. The number of carbonyl (C=O) groups excluding carboxylic acids is 1. The Morgan fingerprint density at radius 3 is 2.70 bits per heavy atom. The topological polar surface area (TPSA) is 72.9 Å². The number of rotatable bonds is 7. The highest BCUT2D eigenvalue weighted by molar-refractivity contribution is 7.89. The van der Waals surface area contributed by atoms with Gasteiger partial charge in [-0.05, 0) is 25.5 Å². The van der Waals surface area contributed by atoms with Crippen molar-refractivity contribution >= 4 is 16.0 Å². The summed E-state index contributed by atoms with van der Waals surface area (Å²) in [6, 6.07) is 6.63. The maximum atomic E-state index is 12.7. The average Bonchev–Trinajstić information content (AvgIpc) is 2.97. The van der Waals surface area contributed by atoms with Gasteiger partial charge in [-0.3, -0.25) is 4.79 Å². The summed E-state index contributed by atoms with van der Waals surface area (Å²) in [5.41, 5.74) is 0.984. The van der Waals surface area contributed by atoms with Gasteiger partial charge in [0.25, 0.3) is 0 Å². The molecule has 0 spiro atoms. The van der Waals surface area contributed by atoms with E-state index in [4.69, 9.17) is 9.47 Å². The predicted octanol–water partition coefficient (Wildman–Crippen LogP) is 2.08. The Labute approximate surface area is 137 Å². The first-order valence-corrected chi connectivity index (χ1v) is 9.25. The van der Waals surface area contributed by atoms with E-state index in [0.717, 1.165) is 18.4 Å². The zero-order valence-electron chi connectivity index (χ0n) is 13.5. The van der Waals surface area contributed by atoms with Crippen LogP contribution in [0, 0.1) is 6.92 Å². The summed E-state index contributed by atoms with van der Waals surface area (Å²) >= 11 is 0. The van der Waals surface area contributed by atoms with E-state index >= 15 is 0 Å². The quantitative estimate of drug-likeness (QED) is 0.561. The van der Waals surface area contributed by atoms with Gasteiger partial charge in [-0.1, -0.05) is 31.0 Å². The number of hydrogen-bond donors (Lipinski definition) is 0. The minimum atomic E-state index is -3.67. The molecule has 128 valence electrons. The number of aryl methyl sites for hydroxylation is 1. The fourth-order valence-corrected chi connectivity index (χ4v) is 3.83. The average molecular weight is 341 g/mol. The number of unbranched alkanes of at least 4 members (excludes halogenated alkanes) is 1. The van der Waals surface area contributed by atoms with Gasteiger partial charge in [-0.25, -0.2) is 8.42 Å². The lowest BCUT2D eigenvalue weighted by Crippen LogP contribution is -2.37. The Morgan fingerprint density at radius 2 is 2.04 bits per heavy atom. The lowest BCUT2D eigenvalue weighted by molar-refractivity contribution is -0.147. The summed E-state index contributed by atoms with van der Waals surface area (Å²) in [6.07, 6.45) is 0.842. The first kappa shape index (κ1) is 17.9. The summed E-state index contributed by atoms with van der Waals surface area (Å²) < 4.78 is 37.1. The molecule has 0 saturated carbocycles. The maximum Gasteiger partial charge on any atom is 0.309 e. The molecule has 1 atom stereocenters. The number of carbonyl (C=O) groups is 1. The van der Waals surface area contributed by atoms with Crippen molar-refractivity contribution in [3.05, 3.63) is 29.8 Å². The van der Waals surface area contributed by atoms with Crippen LogP contribution in [-0.4, -0.2) is 44.7 Å². The summed E-state index contributed by atoms with van der Waals surface area (Å²) in [5.74, 6) is -0.436. The lowest BCUT2D eigenvalue weighted by atomic mass is 10.2. The molecule has 0 aromatic heterocycles. The van der Waals surface area contributed by atoms with Gasteiger partial charge in [0.15, 0.2) is 0 Å². The molecular formula is C16H23NO5S. The Balaban J connectivity index is 2.05. The van der Waals surface area contributed by atoms with Crippen molar-refractivity contribution in [2.45, 2.75) is 44.2 Å². The fraction of sp³-hybridized carbons (Fsp3) is 0.562. The van der Waals surface area contributed by atoms with E-state index in [1.165, 1.54) is 4.31 Å². The monoisotopic (exact) mass is 341 g/mol. The lowest BCUT2D eigenvalue weighted by Gasteiger charge is -2.22. The second-order valence-corrected chi connectivity index (χ2v) is 7.42. The molecule has 6 nitrogen and oxygen atoms in total. The maximum absolute atomic E-state index is 12.7. The van der Waals surface area contributed by atoms with Gasteiger partial charge >= 0.3 is 5.97 Å². The van der Waals surface area contributed by atoms with Gasteiger partial charge in [0.1, 0.15) is 6.23 Å². The molecule has 1 saturated heterocycles. The van der Waals surface area contributed by atoms with Gasteiger partial charge in [0.2, 0.25) is 10.0 Å². The van der Waals surface area contributed by atoms with Gasteiger partial charge in [0, 0.05) is 6.54 Å². The van der Waals surface area contributed by atoms with Crippen LogP contribution in [0.1, 0.15) is 31.7 Å². The van der Waals surface area contributed by atoms with Crippen LogP contribution >= 0.6 is 0 Å². The number of benzene rings is 1. The molecule has 1 aliphatic rings. The van der Waals surface area contributed by atoms with Crippen molar-refractivity contribution in [2.75, 3.05) is 19.8 Å². The van der Waals surface area contributed by atoms with Crippen LogP contribution in [0.25, 0.3) is 0 Å². The van der Waals surface area contributed by atoms with Crippen LogP contribution < -0.4 is 0 Å². The molecule has 0 radical (unpaired) electrons. The summed E-state index contributed by atoms with van der Waals surface area (Å²) in [5, 5.41) is 0. The standard InChI is InChI=1S/C16H23NO5S/c1-3-4-10-22-16(18)12-15-17(9-11-21-15)23(19,20)14-7-5-13(2)6-8-14/h5-8,15H,3-4,9-12H2,1-2H3. The second-order valence-electron chi connectivity index (χ2n) is 5.53. The molecule has 23 heavy (non-hydrogen) atoms. The first-order valence-electron chi connectivity index (χ1n) is 7.81. The van der Waals surface area contributed by atoms with E-state index in [1.807, 2.05) is 13.8 Å². The third kappa shape index (κ3) is 4.53. The smallest absolute Gasteiger partial charge is 0.309 e. The van der Waals surface area contributed by atoms with E-state index < -0.39 is 22.2 Å². The van der Waals surface area contributed by atoms with E-state index in [9.17, 15) is 13.2 Å². The SMILES string of the molecule is CCCCOC(=O)CC1OCCN1S(=O)(=O)c1ccc(C)cc1.